The Morgan fingerprint density at radius 3 is 0.971 bits per heavy atom. The van der Waals surface area contributed by atoms with Crippen LogP contribution in [0, 0.1) is 36.4 Å². The van der Waals surface area contributed by atoms with Crippen molar-refractivity contribution in [1.29, 1.82) is 0 Å². The number of aryl methyl sites for hydroxylation is 6. The van der Waals surface area contributed by atoms with Crippen LogP contribution >= 0.6 is 0 Å². The average Bonchev–Trinajstić information content (AvgIpc) is 2.76. The zero-order valence-electron chi connectivity index (χ0n) is 20.0. The maximum atomic E-state index is 11.0. The summed E-state index contributed by atoms with van der Waals surface area (Å²) in [5.74, 6) is 0. The first-order chi connectivity index (χ1) is 15.4. The Morgan fingerprint density at radius 2 is 0.794 bits per heavy atom. The standard InChI is InChI=1S/3C7H10N2O2.Fe/c3*1-3-6-4-5(2)8-7(10)9(6)11;/h3*4H,3H2,1-2H3,(H,8,10);. The molecule has 34 heavy (non-hydrogen) atoms. The van der Waals surface area contributed by atoms with E-state index >= 15 is 0 Å². The van der Waals surface area contributed by atoms with E-state index in [4.69, 9.17) is 15.3 Å². The predicted molar refractivity (Wildman–Crippen MR) is 117 cm³/mol. The van der Waals surface area contributed by atoms with E-state index < -0.39 is 18.0 Å². The summed E-state index contributed by atoms with van der Waals surface area (Å²) < 4.78 is 1.31. The van der Waals surface area contributed by atoms with Gasteiger partial charge in [0.05, 0.1) is 0 Å². The number of rotatable bonds is 3. The first kappa shape index (κ1) is 30.6. The van der Waals surface area contributed by atoms with E-state index in [-0.39, 0.29) is 17.1 Å². The predicted octanol–water partition coefficient (Wildman–Crippen LogP) is 0.872. The molecule has 0 fully saturated rings. The molecule has 13 heteroatoms. The molecule has 0 aromatic carbocycles. The molecule has 12 nitrogen and oxygen atoms in total. The molecule has 188 valence electrons. The molecule has 0 amide bonds. The number of hydrogen-bond acceptors (Lipinski definition) is 9. The maximum absolute atomic E-state index is 11.0. The second kappa shape index (κ2) is 14.0. The summed E-state index contributed by atoms with van der Waals surface area (Å²) in [6, 6.07) is 3.57. The third-order valence-electron chi connectivity index (χ3n) is 4.37. The Kier molecular flexibility index (Phi) is 12.5. The van der Waals surface area contributed by atoms with E-state index in [0.29, 0.717) is 67.6 Å². The summed E-state index contributed by atoms with van der Waals surface area (Å²) in [6.45, 7) is 10.8. The van der Waals surface area contributed by atoms with Crippen molar-refractivity contribution in [2.24, 2.45) is 0 Å². The molecule has 3 N–H and O–H groups in total. The van der Waals surface area contributed by atoms with Gasteiger partial charge in [0.1, 0.15) is 17.1 Å². The average molecular weight is 518 g/mol. The summed E-state index contributed by atoms with van der Waals surface area (Å²) in [6.07, 6.45) is 1.79. The molecule has 3 aromatic heterocycles. The van der Waals surface area contributed by atoms with Crippen molar-refractivity contribution in [2.45, 2.75) is 60.8 Å². The minimum atomic E-state index is -0.471. The number of aromatic hydroxyl groups is 3. The van der Waals surface area contributed by atoms with Crippen LogP contribution in [0.15, 0.2) is 18.2 Å². The summed E-state index contributed by atoms with van der Waals surface area (Å²) in [4.78, 5) is 10.8. The van der Waals surface area contributed by atoms with Gasteiger partial charge in [-0.2, -0.15) is 14.2 Å². The quantitative estimate of drug-likeness (QED) is 0.258. The van der Waals surface area contributed by atoms with E-state index in [1.54, 1.807) is 39.0 Å². The van der Waals surface area contributed by atoms with Gasteiger partial charge in [-0.05, 0) is 15.0 Å². The fraction of sp³-hybridized carbons (Fsp3) is 0.429. The van der Waals surface area contributed by atoms with Crippen LogP contribution in [0.1, 0.15) is 54.9 Å². The molecule has 0 aliphatic carbocycles. The number of nitrogens with zero attached hydrogens (tertiary/aromatic N) is 6. The van der Waals surface area contributed by atoms with Crippen LogP contribution in [0.4, 0.5) is 0 Å². The maximum Gasteiger partial charge on any atom is 0.499 e. The third kappa shape index (κ3) is 8.49. The fourth-order valence-corrected chi connectivity index (χ4v) is 2.73. The molecule has 3 rings (SSSR count). The van der Waals surface area contributed by atoms with Gasteiger partial charge < -0.3 is 30.9 Å². The molecule has 0 spiro atoms. The molecule has 0 aliphatic heterocycles. The fourth-order valence-electron chi connectivity index (χ4n) is 2.73. The summed E-state index contributed by atoms with van der Waals surface area (Å²) >= 11 is 0. The molecular formula is C21H30FeN6O6. The Bertz CT molecular complexity index is 963. The number of hydrogen-bond donors (Lipinski definition) is 3. The first-order valence-electron chi connectivity index (χ1n) is 10.3. The topological polar surface area (TPSA) is 180 Å². The molecule has 0 atom stereocenters. The van der Waals surface area contributed by atoms with Crippen LogP contribution in [0.2, 0.25) is 0 Å². The molecule has 0 saturated heterocycles. The Hall–Kier alpha value is -3.44. The van der Waals surface area contributed by atoms with Crippen molar-refractivity contribution in [3.05, 3.63) is 68.0 Å². The Morgan fingerprint density at radius 1 is 0.588 bits per heavy atom. The van der Waals surface area contributed by atoms with Gasteiger partial charge >= 0.3 is 18.0 Å². The van der Waals surface area contributed by atoms with Gasteiger partial charge in [-0.15, -0.1) is 0 Å². The van der Waals surface area contributed by atoms with Gasteiger partial charge in [0, 0.05) is 75.3 Å². The van der Waals surface area contributed by atoms with Crippen LogP contribution in [0.3, 0.4) is 0 Å². The molecule has 0 bridgehead atoms. The van der Waals surface area contributed by atoms with Gasteiger partial charge in [0.15, 0.2) is 17.1 Å². The summed E-state index contributed by atoms with van der Waals surface area (Å²) in [7, 11) is 0. The van der Waals surface area contributed by atoms with Crippen LogP contribution in [0.5, 0.6) is 18.0 Å². The van der Waals surface area contributed by atoms with Crippen molar-refractivity contribution >= 4 is 0 Å². The van der Waals surface area contributed by atoms with E-state index in [1.807, 2.05) is 20.8 Å². The third-order valence-corrected chi connectivity index (χ3v) is 4.37. The van der Waals surface area contributed by atoms with E-state index in [0.717, 1.165) is 0 Å². The van der Waals surface area contributed by atoms with Crippen molar-refractivity contribution in [1.82, 2.24) is 15.0 Å². The molecule has 3 aromatic rings. The smallest absolute Gasteiger partial charge is 0.499 e. The normalized spacial score (nSPS) is 9.71. The molecular weight excluding hydrogens is 488 g/mol. The van der Waals surface area contributed by atoms with Gasteiger partial charge in [-0.25, -0.2) is 0 Å². The van der Waals surface area contributed by atoms with Crippen LogP contribution in [-0.4, -0.2) is 30.3 Å². The van der Waals surface area contributed by atoms with Gasteiger partial charge in [-0.3, -0.25) is 0 Å². The van der Waals surface area contributed by atoms with Gasteiger partial charge in [-0.1, -0.05) is 20.8 Å². The number of aromatic nitrogens is 6. The second-order valence-electron chi connectivity index (χ2n) is 7.01. The molecule has 3 heterocycles. The van der Waals surface area contributed by atoms with Gasteiger partial charge in [0.25, 0.3) is 0 Å². The monoisotopic (exact) mass is 518 g/mol. The van der Waals surface area contributed by atoms with Crippen LogP contribution in [0.25, 0.3) is 0 Å². The molecule has 0 saturated carbocycles. The SMILES string of the molecule is CCc1cc(C)nc(O)[n+]1[O-].CCc1cc(C)nc(O)[n+]1[O-].CCc1cc(C)nc(O)[n+]1[O-].[Fe]. The van der Waals surface area contributed by atoms with Crippen molar-refractivity contribution < 1.29 is 46.6 Å². The van der Waals surface area contributed by atoms with E-state index in [2.05, 4.69) is 15.0 Å². The Labute approximate surface area is 208 Å². The minimum Gasteiger partial charge on any atom is -0.708 e. The van der Waals surface area contributed by atoms with Crippen molar-refractivity contribution in [3.8, 4) is 18.0 Å². The van der Waals surface area contributed by atoms with E-state index in [1.165, 1.54) is 0 Å². The molecule has 0 unspecified atom stereocenters. The Balaban J connectivity index is 0.000000473. The molecule has 0 aliphatic rings. The molecule has 0 radical (unpaired) electrons. The minimum absolute atomic E-state index is 0. The van der Waals surface area contributed by atoms with Gasteiger partial charge in [0.2, 0.25) is 0 Å². The largest absolute Gasteiger partial charge is 0.708 e. The zero-order valence-corrected chi connectivity index (χ0v) is 21.1. The van der Waals surface area contributed by atoms with E-state index in [9.17, 15) is 15.6 Å². The van der Waals surface area contributed by atoms with Crippen LogP contribution in [-0.2, 0) is 36.3 Å². The first-order valence-corrected chi connectivity index (χ1v) is 10.3. The zero-order chi connectivity index (χ0) is 25.3. The second-order valence-corrected chi connectivity index (χ2v) is 7.01. The summed E-state index contributed by atoms with van der Waals surface area (Å²) in [5, 5.41) is 59.7. The summed E-state index contributed by atoms with van der Waals surface area (Å²) in [5.41, 5.74) is 3.59. The van der Waals surface area contributed by atoms with Crippen LogP contribution < -0.4 is 14.2 Å². The van der Waals surface area contributed by atoms with Crippen molar-refractivity contribution in [3.63, 3.8) is 0 Å². The van der Waals surface area contributed by atoms with Crippen molar-refractivity contribution in [2.75, 3.05) is 0 Å².